The minimum atomic E-state index is -0.868. The highest BCUT2D eigenvalue weighted by Crippen LogP contribution is 2.26. The molecular formula is C13H14N2O5. The molecule has 1 saturated carbocycles. The van der Waals surface area contributed by atoms with Gasteiger partial charge in [0, 0.05) is 12.1 Å². The lowest BCUT2D eigenvalue weighted by Gasteiger charge is -2.12. The first-order valence-corrected chi connectivity index (χ1v) is 6.26. The summed E-state index contributed by atoms with van der Waals surface area (Å²) in [5.74, 6) is -1.85. The van der Waals surface area contributed by atoms with Gasteiger partial charge in [0.05, 0.1) is 10.8 Å². The van der Waals surface area contributed by atoms with Crippen LogP contribution in [0.4, 0.5) is 5.69 Å². The number of rotatable bonds is 4. The Labute approximate surface area is 114 Å². The van der Waals surface area contributed by atoms with Crippen molar-refractivity contribution in [3.8, 4) is 0 Å². The molecule has 2 rings (SSSR count). The Hall–Kier alpha value is -2.44. The van der Waals surface area contributed by atoms with Gasteiger partial charge in [-0.2, -0.15) is 0 Å². The van der Waals surface area contributed by atoms with Crippen LogP contribution in [0.1, 0.15) is 29.6 Å². The first kappa shape index (κ1) is 14.0. The molecule has 0 spiro atoms. The number of carbonyl (C=O) groups excluding carboxylic acids is 1. The van der Waals surface area contributed by atoms with Crippen molar-refractivity contribution in [1.82, 2.24) is 5.32 Å². The molecule has 0 saturated heterocycles. The number of amides is 1. The van der Waals surface area contributed by atoms with Crippen molar-refractivity contribution < 1.29 is 19.6 Å². The van der Waals surface area contributed by atoms with Crippen LogP contribution in [0, 0.1) is 16.0 Å². The fraction of sp³-hybridized carbons (Fsp3) is 0.385. The monoisotopic (exact) mass is 278 g/mol. The van der Waals surface area contributed by atoms with E-state index >= 15 is 0 Å². The van der Waals surface area contributed by atoms with E-state index in [1.54, 1.807) is 6.07 Å². The van der Waals surface area contributed by atoms with Crippen molar-refractivity contribution in [1.29, 1.82) is 0 Å². The number of benzene rings is 1. The maximum absolute atomic E-state index is 12.0. The van der Waals surface area contributed by atoms with Gasteiger partial charge in [0.2, 0.25) is 0 Å². The van der Waals surface area contributed by atoms with Gasteiger partial charge in [0.15, 0.2) is 0 Å². The Morgan fingerprint density at radius 2 is 2.00 bits per heavy atom. The fourth-order valence-corrected chi connectivity index (χ4v) is 2.42. The molecule has 2 atom stereocenters. The molecule has 1 aromatic carbocycles. The van der Waals surface area contributed by atoms with Gasteiger partial charge < -0.3 is 10.4 Å². The van der Waals surface area contributed by atoms with Crippen LogP contribution in [0.3, 0.4) is 0 Å². The molecule has 1 aliphatic carbocycles. The molecule has 2 N–H and O–H groups in total. The Balaban J connectivity index is 2.06. The summed E-state index contributed by atoms with van der Waals surface area (Å²) >= 11 is 0. The summed E-state index contributed by atoms with van der Waals surface area (Å²) in [7, 11) is 0. The van der Waals surface area contributed by atoms with Crippen LogP contribution >= 0.6 is 0 Å². The second-order valence-corrected chi connectivity index (χ2v) is 4.79. The predicted molar refractivity (Wildman–Crippen MR) is 69.3 cm³/mol. The van der Waals surface area contributed by atoms with Gasteiger partial charge >= 0.3 is 5.97 Å². The van der Waals surface area contributed by atoms with Crippen LogP contribution in [-0.2, 0) is 4.79 Å². The molecule has 0 bridgehead atoms. The predicted octanol–water partition coefficient (Wildman–Crippen LogP) is 1.58. The van der Waals surface area contributed by atoms with Crippen molar-refractivity contribution in [2.24, 2.45) is 5.92 Å². The molecule has 7 nitrogen and oxygen atoms in total. The average molecular weight is 278 g/mol. The molecule has 106 valence electrons. The van der Waals surface area contributed by atoms with E-state index in [4.69, 9.17) is 5.11 Å². The van der Waals surface area contributed by atoms with Crippen LogP contribution in [0.2, 0.25) is 0 Å². The Bertz CT molecular complexity index is 557. The van der Waals surface area contributed by atoms with Crippen molar-refractivity contribution in [2.75, 3.05) is 0 Å². The van der Waals surface area contributed by atoms with Gasteiger partial charge in [0.25, 0.3) is 11.6 Å². The quantitative estimate of drug-likeness (QED) is 0.641. The van der Waals surface area contributed by atoms with Gasteiger partial charge in [-0.25, -0.2) is 0 Å². The number of carbonyl (C=O) groups is 2. The molecule has 20 heavy (non-hydrogen) atoms. The molecule has 0 aliphatic heterocycles. The first-order chi connectivity index (χ1) is 9.49. The number of nitrogens with one attached hydrogen (secondary N) is 1. The molecule has 1 amide bonds. The van der Waals surface area contributed by atoms with Crippen molar-refractivity contribution in [3.05, 3.63) is 39.9 Å². The van der Waals surface area contributed by atoms with Crippen LogP contribution in [0.15, 0.2) is 24.3 Å². The van der Waals surface area contributed by atoms with Gasteiger partial charge in [-0.3, -0.25) is 19.7 Å². The molecule has 1 aliphatic rings. The third-order valence-electron chi connectivity index (χ3n) is 3.46. The highest BCUT2D eigenvalue weighted by molar-refractivity contribution is 5.98. The molecule has 0 heterocycles. The zero-order valence-corrected chi connectivity index (χ0v) is 10.6. The average Bonchev–Trinajstić information content (AvgIpc) is 2.87. The van der Waals surface area contributed by atoms with E-state index in [0.717, 1.165) is 0 Å². The Morgan fingerprint density at radius 3 is 2.60 bits per heavy atom. The standard InChI is InChI=1S/C13H14N2O5/c16-12(10-3-1-2-4-11(10)15(19)20)14-9-6-5-8(7-9)13(17)18/h1-4,8-9H,5-7H2,(H,14,16)(H,17,18). The van der Waals surface area contributed by atoms with E-state index in [1.165, 1.54) is 18.2 Å². The van der Waals surface area contributed by atoms with E-state index in [2.05, 4.69) is 5.32 Å². The van der Waals surface area contributed by atoms with E-state index in [1.807, 2.05) is 0 Å². The third-order valence-corrected chi connectivity index (χ3v) is 3.46. The minimum absolute atomic E-state index is 0.00345. The largest absolute Gasteiger partial charge is 0.481 e. The van der Waals surface area contributed by atoms with E-state index in [-0.39, 0.29) is 17.3 Å². The SMILES string of the molecule is O=C(NC1CCC(C(=O)O)C1)c1ccccc1[N+](=O)[O-]. The number of hydrogen-bond acceptors (Lipinski definition) is 4. The van der Waals surface area contributed by atoms with Crippen LogP contribution < -0.4 is 5.32 Å². The third kappa shape index (κ3) is 2.93. The number of nitro groups is 1. The summed E-state index contributed by atoms with van der Waals surface area (Å²) < 4.78 is 0. The molecule has 2 unspecified atom stereocenters. The fourth-order valence-electron chi connectivity index (χ4n) is 2.42. The van der Waals surface area contributed by atoms with Gasteiger partial charge in [-0.1, -0.05) is 12.1 Å². The normalized spacial score (nSPS) is 21.4. The van der Waals surface area contributed by atoms with E-state index < -0.39 is 22.7 Å². The lowest BCUT2D eigenvalue weighted by atomic mass is 10.1. The zero-order valence-electron chi connectivity index (χ0n) is 10.6. The Kier molecular flexibility index (Phi) is 3.97. The first-order valence-electron chi connectivity index (χ1n) is 6.26. The maximum atomic E-state index is 12.0. The number of carboxylic acid groups (broad SMARTS) is 1. The van der Waals surface area contributed by atoms with Gasteiger partial charge in [-0.05, 0) is 25.3 Å². The summed E-state index contributed by atoms with van der Waals surface area (Å²) in [6.07, 6.45) is 1.45. The van der Waals surface area contributed by atoms with Gasteiger partial charge in [-0.15, -0.1) is 0 Å². The smallest absolute Gasteiger partial charge is 0.306 e. The van der Waals surface area contributed by atoms with Crippen LogP contribution in [0.5, 0.6) is 0 Å². The Morgan fingerprint density at radius 1 is 1.30 bits per heavy atom. The van der Waals surface area contributed by atoms with Crippen LogP contribution in [0.25, 0.3) is 0 Å². The molecule has 0 radical (unpaired) electrons. The lowest BCUT2D eigenvalue weighted by molar-refractivity contribution is -0.385. The molecule has 1 fully saturated rings. The maximum Gasteiger partial charge on any atom is 0.306 e. The van der Waals surface area contributed by atoms with Crippen molar-refractivity contribution in [2.45, 2.75) is 25.3 Å². The zero-order chi connectivity index (χ0) is 14.7. The minimum Gasteiger partial charge on any atom is -0.481 e. The highest BCUT2D eigenvalue weighted by atomic mass is 16.6. The van der Waals surface area contributed by atoms with Crippen molar-refractivity contribution in [3.63, 3.8) is 0 Å². The summed E-state index contributed by atoms with van der Waals surface area (Å²) in [5, 5.41) is 22.4. The number of hydrogen-bond donors (Lipinski definition) is 2. The number of nitrogens with zero attached hydrogens (tertiary/aromatic N) is 1. The number of aliphatic carboxylic acids is 1. The molecule has 1 aromatic rings. The molecule has 7 heteroatoms. The topological polar surface area (TPSA) is 110 Å². The summed E-state index contributed by atoms with van der Waals surface area (Å²) in [6, 6.07) is 5.45. The summed E-state index contributed by atoms with van der Waals surface area (Å²) in [4.78, 5) is 33.1. The second-order valence-electron chi connectivity index (χ2n) is 4.79. The second kappa shape index (κ2) is 5.68. The van der Waals surface area contributed by atoms with Crippen LogP contribution in [-0.4, -0.2) is 27.9 Å². The molecular weight excluding hydrogens is 264 g/mol. The van der Waals surface area contributed by atoms with E-state index in [9.17, 15) is 19.7 Å². The molecule has 0 aromatic heterocycles. The number of nitro benzene ring substituents is 1. The van der Waals surface area contributed by atoms with E-state index in [0.29, 0.717) is 19.3 Å². The number of carboxylic acids is 1. The summed E-state index contributed by atoms with van der Waals surface area (Å²) in [5.41, 5.74) is -0.256. The number of para-hydroxylation sites is 1. The van der Waals surface area contributed by atoms with Gasteiger partial charge in [0.1, 0.15) is 5.56 Å². The highest BCUT2D eigenvalue weighted by Gasteiger charge is 2.31. The lowest BCUT2D eigenvalue weighted by Crippen LogP contribution is -2.33. The summed E-state index contributed by atoms with van der Waals surface area (Å²) in [6.45, 7) is 0. The van der Waals surface area contributed by atoms with Crippen molar-refractivity contribution >= 4 is 17.6 Å².